The quantitative estimate of drug-likeness (QED) is 0.602. The molecule has 0 aliphatic carbocycles. The van der Waals surface area contributed by atoms with Crippen LogP contribution in [0.2, 0.25) is 0 Å². The van der Waals surface area contributed by atoms with E-state index in [-0.39, 0.29) is 49.6 Å². The first-order chi connectivity index (χ1) is 18.2. The van der Waals surface area contributed by atoms with Gasteiger partial charge in [0.25, 0.3) is 11.8 Å². The Bertz CT molecular complexity index is 1170. The summed E-state index contributed by atoms with van der Waals surface area (Å²) < 4.78 is 38.7. The van der Waals surface area contributed by atoms with Gasteiger partial charge >= 0.3 is 6.18 Å². The van der Waals surface area contributed by atoms with Crippen LogP contribution in [0.15, 0.2) is 54.6 Å². The van der Waals surface area contributed by atoms with E-state index in [4.69, 9.17) is 0 Å². The number of para-hydroxylation sites is 1. The van der Waals surface area contributed by atoms with Crippen LogP contribution < -0.4 is 4.90 Å². The Labute approximate surface area is 219 Å². The van der Waals surface area contributed by atoms with E-state index in [2.05, 4.69) is 0 Å². The van der Waals surface area contributed by atoms with Crippen molar-refractivity contribution in [2.24, 2.45) is 0 Å². The van der Waals surface area contributed by atoms with Crippen molar-refractivity contribution in [1.29, 1.82) is 0 Å². The number of alkyl halides is 3. The number of halogens is 3. The van der Waals surface area contributed by atoms with Crippen molar-refractivity contribution in [2.75, 3.05) is 44.3 Å². The highest BCUT2D eigenvalue weighted by Gasteiger charge is 2.54. The molecule has 0 N–H and O–H groups in total. The van der Waals surface area contributed by atoms with E-state index in [1.54, 1.807) is 9.80 Å². The van der Waals surface area contributed by atoms with E-state index >= 15 is 0 Å². The molecule has 3 heterocycles. The Balaban J connectivity index is 1.32. The molecular weight excluding hydrogens is 497 g/mol. The predicted octanol–water partition coefficient (Wildman–Crippen LogP) is 4.00. The maximum atomic E-state index is 13.9. The van der Waals surface area contributed by atoms with Crippen molar-refractivity contribution in [1.82, 2.24) is 14.7 Å². The van der Waals surface area contributed by atoms with E-state index in [1.807, 2.05) is 40.1 Å². The highest BCUT2D eigenvalue weighted by molar-refractivity contribution is 5.97. The smallest absolute Gasteiger partial charge is 0.341 e. The topological polar surface area (TPSA) is 64.2 Å². The van der Waals surface area contributed by atoms with Gasteiger partial charge in [0, 0.05) is 37.4 Å². The molecule has 3 aliphatic heterocycles. The second kappa shape index (κ2) is 10.3. The molecule has 0 atom stereocenters. The van der Waals surface area contributed by atoms with Crippen LogP contribution in [0.1, 0.15) is 48.0 Å². The Morgan fingerprint density at radius 1 is 0.816 bits per heavy atom. The summed E-state index contributed by atoms with van der Waals surface area (Å²) >= 11 is 0. The average Bonchev–Trinajstić information content (AvgIpc) is 3.19. The number of hydrogen-bond donors (Lipinski definition) is 0. The summed E-state index contributed by atoms with van der Waals surface area (Å²) in [5.41, 5.74) is -0.641. The summed E-state index contributed by atoms with van der Waals surface area (Å²) in [5.74, 6) is -0.520. The minimum Gasteiger partial charge on any atom is -0.341 e. The summed E-state index contributed by atoms with van der Waals surface area (Å²) in [4.78, 5) is 47.0. The van der Waals surface area contributed by atoms with E-state index in [1.165, 1.54) is 12.1 Å². The standard InChI is InChI=1S/C28H31F3N4O3/c29-28(30,31)22-11-9-21(10-12-22)25(37)33-17-13-27(14-18-33)26(38)34(19-24(36)32-15-5-2-6-16-32)20-35(27)23-7-3-1-4-8-23/h1,3-4,7-12H,2,5-6,13-20H2. The largest absolute Gasteiger partial charge is 0.416 e. The molecule has 3 aliphatic rings. The molecule has 3 amide bonds. The number of likely N-dealkylation sites (tertiary alicyclic amines) is 2. The van der Waals surface area contributed by atoms with Crippen molar-refractivity contribution in [3.63, 3.8) is 0 Å². The van der Waals surface area contributed by atoms with Crippen molar-refractivity contribution >= 4 is 23.4 Å². The number of amides is 3. The molecule has 3 fully saturated rings. The normalized spacial score (nSPS) is 19.8. The highest BCUT2D eigenvalue weighted by atomic mass is 19.4. The summed E-state index contributed by atoms with van der Waals surface area (Å²) in [6, 6.07) is 13.8. The van der Waals surface area contributed by atoms with Gasteiger partial charge in [0.2, 0.25) is 5.91 Å². The zero-order valence-electron chi connectivity index (χ0n) is 21.1. The number of nitrogens with zero attached hydrogens (tertiary/aromatic N) is 4. The molecule has 0 aromatic heterocycles. The van der Waals surface area contributed by atoms with Crippen LogP contribution in [0.3, 0.4) is 0 Å². The van der Waals surface area contributed by atoms with Crippen molar-refractivity contribution in [3.05, 3.63) is 65.7 Å². The number of hydrogen-bond acceptors (Lipinski definition) is 4. The summed E-state index contributed by atoms with van der Waals surface area (Å²) in [5, 5.41) is 0. The number of piperidine rings is 2. The maximum Gasteiger partial charge on any atom is 0.416 e. The highest BCUT2D eigenvalue weighted by Crippen LogP contribution is 2.40. The van der Waals surface area contributed by atoms with Crippen LogP contribution in [0, 0.1) is 0 Å². The van der Waals surface area contributed by atoms with Crippen LogP contribution >= 0.6 is 0 Å². The maximum absolute atomic E-state index is 13.9. The first kappa shape index (κ1) is 26.1. The van der Waals surface area contributed by atoms with E-state index < -0.39 is 17.3 Å². The van der Waals surface area contributed by atoms with Crippen LogP contribution in [0.5, 0.6) is 0 Å². The fourth-order valence-corrected chi connectivity index (χ4v) is 5.79. The monoisotopic (exact) mass is 528 g/mol. The molecule has 0 unspecified atom stereocenters. The first-order valence-corrected chi connectivity index (χ1v) is 13.1. The van der Waals surface area contributed by atoms with E-state index in [0.29, 0.717) is 12.8 Å². The number of rotatable bonds is 4. The van der Waals surface area contributed by atoms with Gasteiger partial charge in [-0.2, -0.15) is 13.2 Å². The van der Waals surface area contributed by atoms with Gasteiger partial charge in [0.05, 0.1) is 12.2 Å². The number of carbonyl (C=O) groups is 3. The predicted molar refractivity (Wildman–Crippen MR) is 135 cm³/mol. The minimum atomic E-state index is -4.47. The average molecular weight is 529 g/mol. The van der Waals surface area contributed by atoms with Gasteiger partial charge in [0.1, 0.15) is 12.1 Å². The lowest BCUT2D eigenvalue weighted by molar-refractivity contribution is -0.141. The van der Waals surface area contributed by atoms with Gasteiger partial charge in [-0.25, -0.2) is 0 Å². The van der Waals surface area contributed by atoms with Crippen molar-refractivity contribution in [2.45, 2.75) is 43.8 Å². The van der Waals surface area contributed by atoms with Gasteiger partial charge in [0.15, 0.2) is 0 Å². The lowest BCUT2D eigenvalue weighted by Gasteiger charge is -2.43. The fourth-order valence-electron chi connectivity index (χ4n) is 5.79. The zero-order chi connectivity index (χ0) is 26.9. The third-order valence-corrected chi connectivity index (χ3v) is 7.95. The van der Waals surface area contributed by atoms with Crippen LogP contribution in [-0.2, 0) is 15.8 Å². The Kier molecular flexibility index (Phi) is 7.07. The van der Waals surface area contributed by atoms with Crippen LogP contribution in [0.25, 0.3) is 0 Å². The minimum absolute atomic E-state index is 0.0259. The molecule has 1 spiro atoms. The molecule has 0 bridgehead atoms. The van der Waals surface area contributed by atoms with Gasteiger partial charge in [-0.3, -0.25) is 14.4 Å². The van der Waals surface area contributed by atoms with Crippen molar-refractivity contribution in [3.8, 4) is 0 Å². The Hall–Kier alpha value is -3.56. The lowest BCUT2D eigenvalue weighted by Crippen LogP contribution is -2.57. The summed E-state index contributed by atoms with van der Waals surface area (Å²) in [6.45, 7) is 2.31. The zero-order valence-corrected chi connectivity index (χ0v) is 21.1. The Morgan fingerprint density at radius 3 is 2.05 bits per heavy atom. The lowest BCUT2D eigenvalue weighted by atomic mass is 9.85. The first-order valence-electron chi connectivity index (χ1n) is 13.1. The summed E-state index contributed by atoms with van der Waals surface area (Å²) in [6.07, 6.45) is -0.683. The van der Waals surface area contributed by atoms with Crippen molar-refractivity contribution < 1.29 is 27.6 Å². The molecule has 5 rings (SSSR count). The number of carbonyl (C=O) groups excluding carboxylic acids is 3. The molecule has 7 nitrogen and oxygen atoms in total. The SMILES string of the molecule is O=C(CN1CN(c2ccccc2)C2(CCN(C(=O)c3ccc(C(F)(F)F)cc3)CC2)C1=O)N1CCCCC1. The molecule has 0 saturated carbocycles. The molecule has 10 heteroatoms. The molecule has 38 heavy (non-hydrogen) atoms. The fraction of sp³-hybridized carbons (Fsp3) is 0.464. The molecule has 2 aromatic carbocycles. The molecule has 2 aromatic rings. The van der Waals surface area contributed by atoms with Gasteiger partial charge in [-0.1, -0.05) is 18.2 Å². The second-order valence-electron chi connectivity index (χ2n) is 10.2. The second-order valence-corrected chi connectivity index (χ2v) is 10.2. The molecular formula is C28H31F3N4O3. The van der Waals surface area contributed by atoms with Gasteiger partial charge in [-0.15, -0.1) is 0 Å². The summed E-state index contributed by atoms with van der Waals surface area (Å²) in [7, 11) is 0. The van der Waals surface area contributed by atoms with E-state index in [0.717, 1.165) is 50.2 Å². The molecule has 0 radical (unpaired) electrons. The molecule has 202 valence electrons. The number of benzene rings is 2. The number of anilines is 1. The van der Waals surface area contributed by atoms with E-state index in [9.17, 15) is 27.6 Å². The van der Waals surface area contributed by atoms with Gasteiger partial charge < -0.3 is 19.6 Å². The van der Waals surface area contributed by atoms with Gasteiger partial charge in [-0.05, 0) is 68.5 Å². The third kappa shape index (κ3) is 4.96. The van der Waals surface area contributed by atoms with Crippen LogP contribution in [0.4, 0.5) is 18.9 Å². The third-order valence-electron chi connectivity index (χ3n) is 7.95. The van der Waals surface area contributed by atoms with Crippen LogP contribution in [-0.4, -0.2) is 77.4 Å². The Morgan fingerprint density at radius 2 is 1.45 bits per heavy atom. The molecule has 3 saturated heterocycles.